The van der Waals surface area contributed by atoms with Crippen LogP contribution in [0.25, 0.3) is 0 Å². The molecule has 0 saturated carbocycles. The Kier molecular flexibility index (Phi) is 9.13. The van der Waals surface area contributed by atoms with Gasteiger partial charge in [0.15, 0.2) is 0 Å². The molecule has 0 aliphatic carbocycles. The molecular formula is C24H32N4O7S. The van der Waals surface area contributed by atoms with Gasteiger partial charge in [0.05, 0.1) is 24.5 Å². The van der Waals surface area contributed by atoms with Crippen LogP contribution < -0.4 is 20.3 Å². The Morgan fingerprint density at radius 1 is 1.11 bits per heavy atom. The number of phenolic OH excluding ortho intramolecular Hbond substituents is 1. The summed E-state index contributed by atoms with van der Waals surface area (Å²) in [5, 5.41) is 35.0. The Labute approximate surface area is 210 Å². The van der Waals surface area contributed by atoms with Crippen LogP contribution in [0.4, 0.5) is 11.4 Å². The summed E-state index contributed by atoms with van der Waals surface area (Å²) in [5.41, 5.74) is 1.96. The monoisotopic (exact) mass is 520 g/mol. The number of aliphatic hydroxyl groups is 1. The van der Waals surface area contributed by atoms with Crippen molar-refractivity contribution >= 4 is 33.3 Å². The van der Waals surface area contributed by atoms with Crippen LogP contribution in [0, 0.1) is 0 Å². The summed E-state index contributed by atoms with van der Waals surface area (Å²) in [6, 6.07) is 11.7. The van der Waals surface area contributed by atoms with Crippen molar-refractivity contribution in [2.75, 3.05) is 42.1 Å². The third-order valence-corrected chi connectivity index (χ3v) is 6.51. The fourth-order valence-corrected chi connectivity index (χ4v) is 4.55. The van der Waals surface area contributed by atoms with Crippen LogP contribution in [0.5, 0.6) is 5.75 Å². The highest BCUT2D eigenvalue weighted by Gasteiger charge is 2.21. The number of phenols is 1. The molecule has 1 aliphatic rings. The third-order valence-electron chi connectivity index (χ3n) is 5.91. The van der Waals surface area contributed by atoms with Gasteiger partial charge in [0.1, 0.15) is 5.75 Å². The number of sulfonamides is 1. The van der Waals surface area contributed by atoms with Crippen LogP contribution >= 0.6 is 0 Å². The number of rotatable bonds is 11. The van der Waals surface area contributed by atoms with E-state index in [1.54, 1.807) is 18.2 Å². The van der Waals surface area contributed by atoms with Gasteiger partial charge < -0.3 is 30.9 Å². The second-order valence-electron chi connectivity index (χ2n) is 8.78. The molecule has 0 unspecified atom stereocenters. The maximum absolute atomic E-state index is 12.1. The van der Waals surface area contributed by atoms with E-state index in [0.29, 0.717) is 11.1 Å². The zero-order valence-corrected chi connectivity index (χ0v) is 20.8. The quantitative estimate of drug-likeness (QED) is 0.239. The van der Waals surface area contributed by atoms with Gasteiger partial charge >= 0.3 is 5.97 Å². The number of nitrogens with zero attached hydrogens (tertiary/aromatic N) is 1. The molecule has 1 atom stereocenters. The number of nitrogens with one attached hydrogen (secondary N) is 3. The standard InChI is InChI=1S/C24H32N4O7S/c1-36(34,35)27-20-14-17(4-7-21(20)29)22(30)15-26-18-9-12-28(13-10-18)19-5-2-16(3-6-19)24(33)25-11-8-23(31)32/h2-7,14,18,22,26-27,29-30H,8-13,15H2,1H3,(H,25,33)(H,31,32)/t22-/m1/s1. The normalized spacial score (nSPS) is 15.3. The summed E-state index contributed by atoms with van der Waals surface area (Å²) >= 11 is 0. The molecule has 11 nitrogen and oxygen atoms in total. The first kappa shape index (κ1) is 27.2. The molecule has 3 rings (SSSR count). The van der Waals surface area contributed by atoms with Crippen LogP contribution in [0.1, 0.15) is 41.3 Å². The van der Waals surface area contributed by atoms with Crippen molar-refractivity contribution in [3.8, 4) is 5.75 Å². The largest absolute Gasteiger partial charge is 0.506 e. The zero-order chi connectivity index (χ0) is 26.3. The molecule has 12 heteroatoms. The molecule has 0 bridgehead atoms. The predicted octanol–water partition coefficient (Wildman–Crippen LogP) is 1.26. The molecule has 2 aromatic carbocycles. The van der Waals surface area contributed by atoms with Crippen LogP contribution in [0.3, 0.4) is 0 Å². The molecule has 196 valence electrons. The average molecular weight is 521 g/mol. The number of anilines is 2. The first-order valence-electron chi connectivity index (χ1n) is 11.6. The molecule has 1 heterocycles. The van der Waals surface area contributed by atoms with Crippen molar-refractivity contribution in [3.05, 3.63) is 53.6 Å². The van der Waals surface area contributed by atoms with E-state index < -0.39 is 22.1 Å². The van der Waals surface area contributed by atoms with E-state index in [4.69, 9.17) is 5.11 Å². The number of carboxylic acids is 1. The van der Waals surface area contributed by atoms with Crippen molar-refractivity contribution in [1.29, 1.82) is 0 Å². The molecule has 0 spiro atoms. The topological polar surface area (TPSA) is 168 Å². The summed E-state index contributed by atoms with van der Waals surface area (Å²) in [4.78, 5) is 24.9. The number of aliphatic hydroxyl groups excluding tert-OH is 1. The van der Waals surface area contributed by atoms with E-state index in [0.717, 1.165) is 37.9 Å². The van der Waals surface area contributed by atoms with Crippen LogP contribution in [-0.2, 0) is 14.8 Å². The van der Waals surface area contributed by atoms with Gasteiger partial charge in [-0.3, -0.25) is 14.3 Å². The SMILES string of the molecule is CS(=O)(=O)Nc1cc([C@H](O)CNC2CCN(c3ccc(C(=O)NCCC(=O)O)cc3)CC2)ccc1O. The Hall–Kier alpha value is -3.35. The molecule has 1 amide bonds. The summed E-state index contributed by atoms with van der Waals surface area (Å²) in [6.45, 7) is 1.94. The summed E-state index contributed by atoms with van der Waals surface area (Å²) < 4.78 is 25.2. The van der Waals surface area contributed by atoms with Gasteiger partial charge in [0.25, 0.3) is 5.91 Å². The lowest BCUT2D eigenvalue weighted by Gasteiger charge is -2.34. The second-order valence-corrected chi connectivity index (χ2v) is 10.5. The summed E-state index contributed by atoms with van der Waals surface area (Å²) in [5.74, 6) is -1.49. The highest BCUT2D eigenvalue weighted by atomic mass is 32.2. The molecule has 0 radical (unpaired) electrons. The van der Waals surface area contributed by atoms with E-state index in [9.17, 15) is 28.2 Å². The van der Waals surface area contributed by atoms with Crippen molar-refractivity contribution in [2.45, 2.75) is 31.4 Å². The number of aliphatic carboxylic acids is 1. The lowest BCUT2D eigenvalue weighted by molar-refractivity contribution is -0.136. The number of hydrogen-bond acceptors (Lipinski definition) is 8. The Morgan fingerprint density at radius 3 is 2.39 bits per heavy atom. The summed E-state index contributed by atoms with van der Waals surface area (Å²) in [7, 11) is -3.56. The number of carbonyl (C=O) groups excluding carboxylic acids is 1. The van der Waals surface area contributed by atoms with Gasteiger partial charge in [-0.1, -0.05) is 6.07 Å². The van der Waals surface area contributed by atoms with Crippen molar-refractivity contribution in [1.82, 2.24) is 10.6 Å². The maximum Gasteiger partial charge on any atom is 0.305 e. The van der Waals surface area contributed by atoms with Gasteiger partial charge in [-0.25, -0.2) is 8.42 Å². The lowest BCUT2D eigenvalue weighted by Crippen LogP contribution is -2.43. The molecule has 1 fully saturated rings. The molecule has 36 heavy (non-hydrogen) atoms. The number of piperidine rings is 1. The maximum atomic E-state index is 12.1. The second kappa shape index (κ2) is 12.1. The van der Waals surface area contributed by atoms with Crippen LogP contribution in [0.15, 0.2) is 42.5 Å². The van der Waals surface area contributed by atoms with Crippen LogP contribution in [-0.4, -0.2) is 74.1 Å². The number of carboxylic acid groups (broad SMARTS) is 1. The fourth-order valence-electron chi connectivity index (χ4n) is 3.99. The van der Waals surface area contributed by atoms with Crippen LogP contribution in [0.2, 0.25) is 0 Å². The highest BCUT2D eigenvalue weighted by molar-refractivity contribution is 7.92. The van der Waals surface area contributed by atoms with E-state index >= 15 is 0 Å². The minimum Gasteiger partial charge on any atom is -0.506 e. The van der Waals surface area contributed by atoms with E-state index in [1.807, 2.05) is 12.1 Å². The Bertz CT molecular complexity index is 1160. The van der Waals surface area contributed by atoms with Crippen molar-refractivity contribution < 1.29 is 33.3 Å². The van der Waals surface area contributed by atoms with Gasteiger partial charge in [-0.2, -0.15) is 0 Å². The fraction of sp³-hybridized carbons (Fsp3) is 0.417. The lowest BCUT2D eigenvalue weighted by atomic mass is 10.0. The molecule has 1 aliphatic heterocycles. The molecule has 1 saturated heterocycles. The summed E-state index contributed by atoms with van der Waals surface area (Å²) in [6.07, 6.45) is 1.68. The first-order chi connectivity index (χ1) is 17.0. The minimum absolute atomic E-state index is 0.0196. The minimum atomic E-state index is -3.56. The molecule has 2 aromatic rings. The number of amides is 1. The van der Waals surface area contributed by atoms with E-state index in [1.165, 1.54) is 12.1 Å². The Balaban J connectivity index is 1.46. The van der Waals surface area contributed by atoms with Gasteiger partial charge in [-0.15, -0.1) is 0 Å². The number of benzene rings is 2. The first-order valence-corrected chi connectivity index (χ1v) is 13.5. The Morgan fingerprint density at radius 2 is 1.78 bits per heavy atom. The average Bonchev–Trinajstić information content (AvgIpc) is 2.83. The van der Waals surface area contributed by atoms with Gasteiger partial charge in [0.2, 0.25) is 10.0 Å². The highest BCUT2D eigenvalue weighted by Crippen LogP contribution is 2.28. The molecular weight excluding hydrogens is 488 g/mol. The number of aromatic hydroxyl groups is 1. The van der Waals surface area contributed by atoms with E-state index in [-0.39, 0.29) is 42.9 Å². The number of carbonyl (C=O) groups is 2. The third kappa shape index (κ3) is 8.11. The van der Waals surface area contributed by atoms with E-state index in [2.05, 4.69) is 20.3 Å². The van der Waals surface area contributed by atoms with Crippen molar-refractivity contribution in [3.63, 3.8) is 0 Å². The molecule has 0 aromatic heterocycles. The van der Waals surface area contributed by atoms with Gasteiger partial charge in [-0.05, 0) is 54.8 Å². The van der Waals surface area contributed by atoms with Gasteiger partial charge in [0, 0.05) is 43.5 Å². The predicted molar refractivity (Wildman–Crippen MR) is 136 cm³/mol. The number of hydrogen-bond donors (Lipinski definition) is 6. The smallest absolute Gasteiger partial charge is 0.305 e. The van der Waals surface area contributed by atoms with Crippen molar-refractivity contribution in [2.24, 2.45) is 0 Å². The zero-order valence-electron chi connectivity index (χ0n) is 20.0. The molecule has 6 N–H and O–H groups in total.